The fourth-order valence-electron chi connectivity index (χ4n) is 1.35. The van der Waals surface area contributed by atoms with Crippen molar-refractivity contribution in [3.63, 3.8) is 0 Å². The van der Waals surface area contributed by atoms with Gasteiger partial charge in [0.15, 0.2) is 0 Å². The quantitative estimate of drug-likeness (QED) is 0.837. The molecule has 90 valence electrons. The van der Waals surface area contributed by atoms with Crippen LogP contribution in [0.2, 0.25) is 5.02 Å². The monoisotopic (exact) mass is 252 g/mol. The lowest BCUT2D eigenvalue weighted by Crippen LogP contribution is -2.20. The number of esters is 1. The van der Waals surface area contributed by atoms with E-state index in [2.05, 4.69) is 10.1 Å². The number of anilines is 1. The molecule has 5 heteroatoms. The van der Waals surface area contributed by atoms with E-state index in [0.29, 0.717) is 16.3 Å². The molecule has 0 amide bonds. The molecule has 1 unspecified atom stereocenters. The summed E-state index contributed by atoms with van der Waals surface area (Å²) in [6.45, 7) is 1.85. The third-order valence-corrected chi connectivity index (χ3v) is 2.51. The molecule has 0 aliphatic carbocycles. The lowest BCUT2D eigenvalue weighted by Gasteiger charge is -2.15. The molecule has 1 rings (SSSR count). The minimum absolute atomic E-state index is 0.0899. The number of benzene rings is 1. The fourth-order valence-corrected chi connectivity index (χ4v) is 1.59. The number of nitriles is 1. The second kappa shape index (κ2) is 6.12. The molecule has 0 aliphatic rings. The number of hydrogen-bond acceptors (Lipinski definition) is 4. The van der Waals surface area contributed by atoms with Crippen LogP contribution >= 0.6 is 11.6 Å². The van der Waals surface area contributed by atoms with Crippen molar-refractivity contribution < 1.29 is 9.53 Å². The molecule has 0 saturated heterocycles. The molecule has 17 heavy (non-hydrogen) atoms. The smallest absolute Gasteiger partial charge is 0.307 e. The highest BCUT2D eigenvalue weighted by Crippen LogP contribution is 2.23. The number of methoxy groups -OCH3 is 1. The van der Waals surface area contributed by atoms with E-state index in [9.17, 15) is 4.79 Å². The zero-order valence-electron chi connectivity index (χ0n) is 9.66. The van der Waals surface area contributed by atoms with Gasteiger partial charge < -0.3 is 10.1 Å². The van der Waals surface area contributed by atoms with E-state index in [4.69, 9.17) is 16.9 Å². The Morgan fingerprint density at radius 1 is 1.65 bits per heavy atom. The number of nitrogens with one attached hydrogen (secondary N) is 1. The van der Waals surface area contributed by atoms with E-state index < -0.39 is 0 Å². The molecule has 0 fully saturated rings. The van der Waals surface area contributed by atoms with Crippen molar-refractivity contribution in [3.8, 4) is 6.07 Å². The molecular weight excluding hydrogens is 240 g/mol. The zero-order chi connectivity index (χ0) is 12.8. The standard InChI is InChI=1S/C12H13ClN2O2/c1-8(5-12(16)17-2)15-11-4-3-9(7-14)6-10(11)13/h3-4,6,8,15H,5H2,1-2H3. The first-order valence-electron chi connectivity index (χ1n) is 5.09. The van der Waals surface area contributed by atoms with Crippen molar-refractivity contribution in [1.82, 2.24) is 0 Å². The van der Waals surface area contributed by atoms with Crippen LogP contribution in [0.3, 0.4) is 0 Å². The van der Waals surface area contributed by atoms with Crippen LogP contribution in [0.25, 0.3) is 0 Å². The van der Waals surface area contributed by atoms with Crippen molar-refractivity contribution in [3.05, 3.63) is 28.8 Å². The van der Waals surface area contributed by atoms with Crippen molar-refractivity contribution in [1.29, 1.82) is 5.26 Å². The maximum absolute atomic E-state index is 11.1. The molecule has 4 nitrogen and oxygen atoms in total. The van der Waals surface area contributed by atoms with Crippen LogP contribution in [0.15, 0.2) is 18.2 Å². The molecule has 1 aromatic carbocycles. The summed E-state index contributed by atoms with van der Waals surface area (Å²) in [6, 6.07) is 6.87. The maximum Gasteiger partial charge on any atom is 0.307 e. The van der Waals surface area contributed by atoms with Gasteiger partial charge in [0.2, 0.25) is 0 Å². The van der Waals surface area contributed by atoms with Gasteiger partial charge in [0, 0.05) is 6.04 Å². The second-order valence-corrected chi connectivity index (χ2v) is 4.04. The molecule has 0 saturated carbocycles. The summed E-state index contributed by atoms with van der Waals surface area (Å²) in [5.41, 5.74) is 1.20. The summed E-state index contributed by atoms with van der Waals surface area (Å²) >= 11 is 5.99. The molecule has 0 radical (unpaired) electrons. The highest BCUT2D eigenvalue weighted by molar-refractivity contribution is 6.33. The molecule has 1 N–H and O–H groups in total. The number of halogens is 1. The van der Waals surface area contributed by atoms with Gasteiger partial charge >= 0.3 is 5.97 Å². The molecule has 0 spiro atoms. The van der Waals surface area contributed by atoms with Crippen molar-refractivity contribution in [2.24, 2.45) is 0 Å². The third kappa shape index (κ3) is 3.97. The van der Waals surface area contributed by atoms with Gasteiger partial charge in [-0.25, -0.2) is 0 Å². The number of carbonyl (C=O) groups is 1. The first-order valence-corrected chi connectivity index (χ1v) is 5.47. The molecule has 0 aromatic heterocycles. The molecular formula is C12H13ClN2O2. The number of ether oxygens (including phenoxy) is 1. The van der Waals surface area contributed by atoms with Gasteiger partial charge in [-0.2, -0.15) is 5.26 Å². The Bertz CT molecular complexity index is 454. The van der Waals surface area contributed by atoms with E-state index in [1.54, 1.807) is 18.2 Å². The Balaban J connectivity index is 2.69. The van der Waals surface area contributed by atoms with Gasteiger partial charge in [0.25, 0.3) is 0 Å². The minimum atomic E-state index is -0.283. The Kier molecular flexibility index (Phi) is 4.80. The van der Waals surface area contributed by atoms with Crippen LogP contribution in [0.4, 0.5) is 5.69 Å². The van der Waals surface area contributed by atoms with Crippen molar-refractivity contribution in [2.75, 3.05) is 12.4 Å². The molecule has 1 atom stereocenters. The fraction of sp³-hybridized carbons (Fsp3) is 0.333. The predicted octanol–water partition coefficient (Wildman–Crippen LogP) is 2.58. The first kappa shape index (κ1) is 13.3. The van der Waals surface area contributed by atoms with Crippen LogP contribution < -0.4 is 5.32 Å². The second-order valence-electron chi connectivity index (χ2n) is 3.63. The van der Waals surface area contributed by atoms with E-state index >= 15 is 0 Å². The summed E-state index contributed by atoms with van der Waals surface area (Å²) in [5.74, 6) is -0.283. The Labute approximate surface area is 105 Å². The molecule has 1 aromatic rings. The van der Waals surface area contributed by atoms with Crippen LogP contribution in [0.5, 0.6) is 0 Å². The molecule has 0 heterocycles. The summed E-state index contributed by atoms with van der Waals surface area (Å²) in [6.07, 6.45) is 0.257. The third-order valence-electron chi connectivity index (χ3n) is 2.20. The topological polar surface area (TPSA) is 62.1 Å². The number of nitrogens with zero attached hydrogens (tertiary/aromatic N) is 1. The van der Waals surface area contributed by atoms with Crippen molar-refractivity contribution in [2.45, 2.75) is 19.4 Å². The summed E-state index contributed by atoms with van der Waals surface area (Å²) < 4.78 is 4.57. The zero-order valence-corrected chi connectivity index (χ0v) is 10.4. The van der Waals surface area contributed by atoms with E-state index in [0.717, 1.165) is 0 Å². The predicted molar refractivity (Wildman–Crippen MR) is 65.9 cm³/mol. The Morgan fingerprint density at radius 3 is 2.88 bits per heavy atom. The van der Waals surface area contributed by atoms with Gasteiger partial charge in [0.1, 0.15) is 0 Å². The largest absolute Gasteiger partial charge is 0.469 e. The highest BCUT2D eigenvalue weighted by Gasteiger charge is 2.10. The Hall–Kier alpha value is -1.73. The Morgan fingerprint density at radius 2 is 2.35 bits per heavy atom. The SMILES string of the molecule is COC(=O)CC(C)Nc1ccc(C#N)cc1Cl. The molecule has 0 bridgehead atoms. The number of rotatable bonds is 4. The van der Waals surface area contributed by atoms with Gasteiger partial charge in [-0.15, -0.1) is 0 Å². The average Bonchev–Trinajstić information content (AvgIpc) is 2.31. The summed E-state index contributed by atoms with van der Waals surface area (Å²) in [7, 11) is 1.35. The lowest BCUT2D eigenvalue weighted by atomic mass is 10.2. The summed E-state index contributed by atoms with van der Waals surface area (Å²) in [5, 5.41) is 12.2. The van der Waals surface area contributed by atoms with E-state index in [-0.39, 0.29) is 18.4 Å². The van der Waals surface area contributed by atoms with Crippen molar-refractivity contribution >= 4 is 23.3 Å². The molecule has 0 aliphatic heterocycles. The van der Waals surface area contributed by atoms with Crippen LogP contribution in [0, 0.1) is 11.3 Å². The van der Waals surface area contributed by atoms with Crippen LogP contribution in [-0.4, -0.2) is 19.1 Å². The average molecular weight is 253 g/mol. The van der Waals surface area contributed by atoms with Gasteiger partial charge in [0.05, 0.1) is 35.9 Å². The van der Waals surface area contributed by atoms with E-state index in [1.165, 1.54) is 7.11 Å². The normalized spacial score (nSPS) is 11.4. The summed E-state index contributed by atoms with van der Waals surface area (Å²) in [4.78, 5) is 11.1. The van der Waals surface area contributed by atoms with Crippen LogP contribution in [-0.2, 0) is 9.53 Å². The van der Waals surface area contributed by atoms with Crippen LogP contribution in [0.1, 0.15) is 18.9 Å². The highest BCUT2D eigenvalue weighted by atomic mass is 35.5. The van der Waals surface area contributed by atoms with Gasteiger partial charge in [-0.3, -0.25) is 4.79 Å². The number of carbonyl (C=O) groups excluding carboxylic acids is 1. The van der Waals surface area contributed by atoms with Gasteiger partial charge in [-0.05, 0) is 25.1 Å². The van der Waals surface area contributed by atoms with Gasteiger partial charge in [-0.1, -0.05) is 11.6 Å². The maximum atomic E-state index is 11.1. The minimum Gasteiger partial charge on any atom is -0.469 e. The number of hydrogen-bond donors (Lipinski definition) is 1. The first-order chi connectivity index (χ1) is 8.06. The van der Waals surface area contributed by atoms with E-state index in [1.807, 2.05) is 13.0 Å². The lowest BCUT2D eigenvalue weighted by molar-refractivity contribution is -0.140.